The molecule has 4 rings (SSSR count). The van der Waals surface area contributed by atoms with Gasteiger partial charge >= 0.3 is 0 Å². The van der Waals surface area contributed by atoms with Gasteiger partial charge in [0.2, 0.25) is 11.9 Å². The van der Waals surface area contributed by atoms with Crippen molar-refractivity contribution in [1.82, 2.24) is 9.97 Å². The maximum absolute atomic E-state index is 12.5. The van der Waals surface area contributed by atoms with Crippen molar-refractivity contribution < 1.29 is 13.2 Å². The van der Waals surface area contributed by atoms with E-state index < -0.39 is 10.0 Å². The van der Waals surface area contributed by atoms with Gasteiger partial charge in [-0.25, -0.2) is 23.1 Å². The lowest BCUT2D eigenvalue weighted by atomic mass is 9.88. The number of benzene rings is 1. The molecule has 2 aliphatic rings. The fourth-order valence-corrected chi connectivity index (χ4v) is 5.01. The number of sulfonamides is 1. The summed E-state index contributed by atoms with van der Waals surface area (Å²) in [7, 11) is -3.77. The van der Waals surface area contributed by atoms with E-state index in [4.69, 9.17) is 0 Å². The van der Waals surface area contributed by atoms with Crippen LogP contribution in [0, 0.1) is 17.8 Å². The molecule has 2 fully saturated rings. The Balaban J connectivity index is 1.42. The molecule has 136 valence electrons. The fourth-order valence-electron chi connectivity index (χ4n) is 4.05. The van der Waals surface area contributed by atoms with Crippen LogP contribution >= 0.6 is 0 Å². The molecule has 1 heterocycles. The highest BCUT2D eigenvalue weighted by atomic mass is 32.2. The molecule has 1 aromatic heterocycles. The molecule has 0 unspecified atom stereocenters. The molecule has 2 aromatic rings. The summed E-state index contributed by atoms with van der Waals surface area (Å²) in [4.78, 5) is 20.3. The largest absolute Gasteiger partial charge is 0.326 e. The van der Waals surface area contributed by atoms with Gasteiger partial charge in [0.1, 0.15) is 0 Å². The van der Waals surface area contributed by atoms with Gasteiger partial charge in [-0.05, 0) is 61.4 Å². The van der Waals surface area contributed by atoms with Gasteiger partial charge in [-0.1, -0.05) is 6.42 Å². The van der Waals surface area contributed by atoms with Gasteiger partial charge in [0.05, 0.1) is 4.90 Å². The smallest absolute Gasteiger partial charge is 0.264 e. The van der Waals surface area contributed by atoms with E-state index in [0.717, 1.165) is 12.8 Å². The second-order valence-electron chi connectivity index (χ2n) is 6.97. The third-order valence-electron chi connectivity index (χ3n) is 5.30. The Kier molecular flexibility index (Phi) is 4.36. The highest BCUT2D eigenvalue weighted by Gasteiger charge is 2.43. The summed E-state index contributed by atoms with van der Waals surface area (Å²) in [6.45, 7) is 0. The van der Waals surface area contributed by atoms with Crippen LogP contribution < -0.4 is 10.0 Å². The number of carbonyl (C=O) groups excluding carboxylic acids is 1. The van der Waals surface area contributed by atoms with Crippen molar-refractivity contribution in [2.45, 2.75) is 30.6 Å². The van der Waals surface area contributed by atoms with Crippen LogP contribution in [-0.4, -0.2) is 24.3 Å². The molecular weight excluding hydrogens is 352 g/mol. The lowest BCUT2D eigenvalue weighted by molar-refractivity contribution is -0.121. The second-order valence-corrected chi connectivity index (χ2v) is 8.66. The van der Waals surface area contributed by atoms with Crippen LogP contribution in [0.4, 0.5) is 11.6 Å². The fraction of sp³-hybridized carbons (Fsp3) is 0.389. The third-order valence-corrected chi connectivity index (χ3v) is 6.64. The first-order valence-corrected chi connectivity index (χ1v) is 10.2. The van der Waals surface area contributed by atoms with Gasteiger partial charge in [-0.15, -0.1) is 0 Å². The van der Waals surface area contributed by atoms with Crippen molar-refractivity contribution in [2.24, 2.45) is 17.8 Å². The zero-order chi connectivity index (χ0) is 18.1. The van der Waals surface area contributed by atoms with Gasteiger partial charge in [0.15, 0.2) is 0 Å². The Morgan fingerprint density at radius 2 is 1.77 bits per heavy atom. The average Bonchev–Trinajstić information content (AvgIpc) is 3.26. The highest BCUT2D eigenvalue weighted by molar-refractivity contribution is 7.92. The maximum Gasteiger partial charge on any atom is 0.264 e. The lowest BCUT2D eigenvalue weighted by Gasteiger charge is -2.20. The molecular formula is C18H20N4O3S. The summed E-state index contributed by atoms with van der Waals surface area (Å²) in [6, 6.07) is 7.73. The van der Waals surface area contributed by atoms with E-state index in [1.807, 2.05) is 0 Å². The van der Waals surface area contributed by atoms with E-state index in [1.54, 1.807) is 18.2 Å². The Labute approximate surface area is 152 Å². The molecule has 3 atom stereocenters. The summed E-state index contributed by atoms with van der Waals surface area (Å²) in [5.74, 6) is 1.36. The van der Waals surface area contributed by atoms with Crippen molar-refractivity contribution in [1.29, 1.82) is 0 Å². The van der Waals surface area contributed by atoms with E-state index in [9.17, 15) is 13.2 Å². The van der Waals surface area contributed by atoms with Crippen LogP contribution in [0.15, 0.2) is 47.6 Å². The SMILES string of the molecule is O=C(Nc1ccc(S(=O)(=O)Nc2ncccn2)cc1)[C@H]1C[C@H]2CC[C@H]1C2. The predicted molar refractivity (Wildman–Crippen MR) is 96.9 cm³/mol. The van der Waals surface area contributed by atoms with Crippen LogP contribution in [0.1, 0.15) is 25.7 Å². The molecule has 0 spiro atoms. The van der Waals surface area contributed by atoms with Gasteiger partial charge in [-0.2, -0.15) is 0 Å². The molecule has 0 aliphatic heterocycles. The topological polar surface area (TPSA) is 101 Å². The standard InChI is InChI=1S/C18H20N4O3S/c23-17(16-11-12-2-3-13(16)10-12)21-14-4-6-15(7-5-14)26(24,25)22-18-19-8-1-9-20-18/h1,4-9,12-13,16H,2-3,10-11H2,(H,21,23)(H,19,20,22)/t12-,13-,16-/m0/s1. The minimum atomic E-state index is -3.77. The molecule has 1 aromatic carbocycles. The molecule has 1 amide bonds. The van der Waals surface area contributed by atoms with Crippen LogP contribution in [-0.2, 0) is 14.8 Å². The van der Waals surface area contributed by atoms with E-state index >= 15 is 0 Å². The summed E-state index contributed by atoms with van der Waals surface area (Å²) in [6.07, 6.45) is 7.46. The number of fused-ring (bicyclic) bond motifs is 2. The van der Waals surface area contributed by atoms with Crippen LogP contribution in [0.3, 0.4) is 0 Å². The Morgan fingerprint density at radius 3 is 2.38 bits per heavy atom. The predicted octanol–water partition coefficient (Wildman–Crippen LogP) is 2.65. The van der Waals surface area contributed by atoms with E-state index in [2.05, 4.69) is 20.0 Å². The number of carbonyl (C=O) groups is 1. The van der Waals surface area contributed by atoms with Crippen LogP contribution in [0.2, 0.25) is 0 Å². The second kappa shape index (κ2) is 6.68. The minimum absolute atomic E-state index is 0.0150. The molecule has 2 saturated carbocycles. The quantitative estimate of drug-likeness (QED) is 0.840. The number of rotatable bonds is 5. The highest BCUT2D eigenvalue weighted by Crippen LogP contribution is 2.48. The molecule has 0 radical (unpaired) electrons. The molecule has 0 saturated heterocycles. The van der Waals surface area contributed by atoms with Crippen molar-refractivity contribution in [2.75, 3.05) is 10.0 Å². The van der Waals surface area contributed by atoms with Gasteiger partial charge in [0.25, 0.3) is 10.0 Å². The van der Waals surface area contributed by atoms with Crippen molar-refractivity contribution in [3.05, 3.63) is 42.7 Å². The number of nitrogens with zero attached hydrogens (tertiary/aromatic N) is 2. The first kappa shape index (κ1) is 17.0. The number of hydrogen-bond donors (Lipinski definition) is 2. The number of anilines is 2. The van der Waals surface area contributed by atoms with E-state index in [1.165, 1.54) is 37.4 Å². The summed E-state index contributed by atoms with van der Waals surface area (Å²) >= 11 is 0. The van der Waals surface area contributed by atoms with Gasteiger partial charge in [-0.3, -0.25) is 4.79 Å². The average molecular weight is 372 g/mol. The normalized spacial score (nSPS) is 24.4. The maximum atomic E-state index is 12.5. The molecule has 2 bridgehead atoms. The molecule has 8 heteroatoms. The summed E-state index contributed by atoms with van der Waals surface area (Å²) < 4.78 is 27.0. The monoisotopic (exact) mass is 372 g/mol. The molecule has 2 N–H and O–H groups in total. The van der Waals surface area contributed by atoms with Crippen LogP contribution in [0.25, 0.3) is 0 Å². The molecule has 26 heavy (non-hydrogen) atoms. The third kappa shape index (κ3) is 3.41. The zero-order valence-corrected chi connectivity index (χ0v) is 14.9. The zero-order valence-electron chi connectivity index (χ0n) is 14.1. The first-order valence-electron chi connectivity index (χ1n) is 8.72. The minimum Gasteiger partial charge on any atom is -0.326 e. The number of amides is 1. The molecule has 7 nitrogen and oxygen atoms in total. The Bertz CT molecular complexity index is 900. The lowest BCUT2D eigenvalue weighted by Crippen LogP contribution is -2.27. The van der Waals surface area contributed by atoms with Crippen LogP contribution in [0.5, 0.6) is 0 Å². The van der Waals surface area contributed by atoms with Crippen molar-refractivity contribution in [3.8, 4) is 0 Å². The Morgan fingerprint density at radius 1 is 1.04 bits per heavy atom. The van der Waals surface area contributed by atoms with E-state index in [-0.39, 0.29) is 22.7 Å². The Hall–Kier alpha value is -2.48. The van der Waals surface area contributed by atoms with E-state index in [0.29, 0.717) is 17.5 Å². The molecule has 2 aliphatic carbocycles. The summed E-state index contributed by atoms with van der Waals surface area (Å²) in [5.41, 5.74) is 0.604. The van der Waals surface area contributed by atoms with Crippen molar-refractivity contribution in [3.63, 3.8) is 0 Å². The van der Waals surface area contributed by atoms with Gasteiger partial charge in [0, 0.05) is 24.0 Å². The number of hydrogen-bond acceptors (Lipinski definition) is 5. The number of nitrogens with one attached hydrogen (secondary N) is 2. The summed E-state index contributed by atoms with van der Waals surface area (Å²) in [5, 5.41) is 2.92. The first-order chi connectivity index (χ1) is 12.5. The number of aromatic nitrogens is 2. The van der Waals surface area contributed by atoms with Gasteiger partial charge < -0.3 is 5.32 Å². The van der Waals surface area contributed by atoms with Crippen molar-refractivity contribution >= 4 is 27.6 Å².